The van der Waals surface area contributed by atoms with Crippen LogP contribution in [0.1, 0.15) is 36.4 Å². The Morgan fingerprint density at radius 2 is 1.91 bits per heavy atom. The Kier molecular flexibility index (Phi) is 6.99. The van der Waals surface area contributed by atoms with Gasteiger partial charge in [-0.05, 0) is 31.0 Å². The number of carbonyl (C=O) groups is 1. The number of thioether (sulfide) groups is 1. The zero-order valence-electron chi connectivity index (χ0n) is 18.7. The summed E-state index contributed by atoms with van der Waals surface area (Å²) in [6, 6.07) is 15.9. The molecule has 7 nitrogen and oxygen atoms in total. The number of fused-ring (bicyclic) bond motifs is 1. The summed E-state index contributed by atoms with van der Waals surface area (Å²) < 4.78 is 13.7. The molecular weight excluding hydrogens is 424 g/mol. The van der Waals surface area contributed by atoms with Crippen LogP contribution in [0.2, 0.25) is 0 Å². The minimum absolute atomic E-state index is 0.0909. The lowest BCUT2D eigenvalue weighted by atomic mass is 10.1. The largest absolute Gasteiger partial charge is 0.485 e. The van der Waals surface area contributed by atoms with Crippen LogP contribution in [-0.4, -0.2) is 44.5 Å². The molecule has 1 amide bonds. The molecule has 1 atom stereocenters. The second-order valence-electron chi connectivity index (χ2n) is 7.85. The SMILES string of the molecule is CCCN(Cc1ccc(C)cc1)C(=O)CSc1nnc(C2COc3ccccc3O2)n1C. The van der Waals surface area contributed by atoms with E-state index in [4.69, 9.17) is 9.47 Å². The molecule has 1 unspecified atom stereocenters. The van der Waals surface area contributed by atoms with Gasteiger partial charge < -0.3 is 18.9 Å². The first-order valence-electron chi connectivity index (χ1n) is 10.8. The Balaban J connectivity index is 1.38. The quantitative estimate of drug-likeness (QED) is 0.478. The van der Waals surface area contributed by atoms with Crippen LogP contribution < -0.4 is 9.47 Å². The van der Waals surface area contributed by atoms with Crippen LogP contribution in [0, 0.1) is 6.92 Å². The number of hydrogen-bond acceptors (Lipinski definition) is 6. The van der Waals surface area contributed by atoms with E-state index in [1.807, 2.05) is 40.8 Å². The van der Waals surface area contributed by atoms with Crippen LogP contribution in [0.3, 0.4) is 0 Å². The van der Waals surface area contributed by atoms with Crippen molar-refractivity contribution in [2.24, 2.45) is 7.05 Å². The topological polar surface area (TPSA) is 69.5 Å². The molecule has 0 bridgehead atoms. The summed E-state index contributed by atoms with van der Waals surface area (Å²) in [4.78, 5) is 14.8. The highest BCUT2D eigenvalue weighted by Crippen LogP contribution is 2.35. The van der Waals surface area contributed by atoms with Crippen LogP contribution in [-0.2, 0) is 18.4 Å². The molecule has 0 fully saturated rings. The van der Waals surface area contributed by atoms with Gasteiger partial charge in [-0.2, -0.15) is 0 Å². The molecule has 1 aliphatic rings. The van der Waals surface area contributed by atoms with Crippen LogP contribution in [0.15, 0.2) is 53.7 Å². The lowest BCUT2D eigenvalue weighted by Gasteiger charge is -2.25. The third kappa shape index (κ3) is 5.07. The Morgan fingerprint density at radius 1 is 1.16 bits per heavy atom. The molecule has 8 heteroatoms. The molecule has 0 spiro atoms. The van der Waals surface area contributed by atoms with Gasteiger partial charge in [-0.15, -0.1) is 10.2 Å². The van der Waals surface area contributed by atoms with Gasteiger partial charge in [0, 0.05) is 20.1 Å². The molecule has 32 heavy (non-hydrogen) atoms. The highest BCUT2D eigenvalue weighted by molar-refractivity contribution is 7.99. The van der Waals surface area contributed by atoms with E-state index in [0.29, 0.717) is 35.6 Å². The summed E-state index contributed by atoms with van der Waals surface area (Å²) in [7, 11) is 1.89. The van der Waals surface area contributed by atoms with Gasteiger partial charge in [0.2, 0.25) is 5.91 Å². The summed E-state index contributed by atoms with van der Waals surface area (Å²) in [6.07, 6.45) is 0.572. The van der Waals surface area contributed by atoms with Gasteiger partial charge >= 0.3 is 0 Å². The second kappa shape index (κ2) is 10.1. The molecule has 2 heterocycles. The van der Waals surface area contributed by atoms with Crippen molar-refractivity contribution >= 4 is 17.7 Å². The van der Waals surface area contributed by atoms with Crippen LogP contribution in [0.4, 0.5) is 0 Å². The molecule has 0 saturated heterocycles. The lowest BCUT2D eigenvalue weighted by Crippen LogP contribution is -2.32. The summed E-state index contributed by atoms with van der Waals surface area (Å²) in [6.45, 7) is 5.86. The summed E-state index contributed by atoms with van der Waals surface area (Å²) >= 11 is 1.39. The van der Waals surface area contributed by atoms with E-state index in [-0.39, 0.29) is 12.0 Å². The highest BCUT2D eigenvalue weighted by atomic mass is 32.2. The van der Waals surface area contributed by atoms with Crippen molar-refractivity contribution in [1.82, 2.24) is 19.7 Å². The molecule has 4 rings (SSSR count). The normalized spacial score (nSPS) is 14.9. The number of aryl methyl sites for hydroxylation is 1. The van der Waals surface area contributed by atoms with E-state index in [1.54, 1.807) is 0 Å². The minimum Gasteiger partial charge on any atom is -0.485 e. The van der Waals surface area contributed by atoms with Gasteiger partial charge in [0.15, 0.2) is 28.6 Å². The average molecular weight is 453 g/mol. The zero-order valence-corrected chi connectivity index (χ0v) is 19.5. The summed E-state index contributed by atoms with van der Waals surface area (Å²) in [5, 5.41) is 9.28. The van der Waals surface area contributed by atoms with Gasteiger partial charge in [-0.3, -0.25) is 4.79 Å². The fourth-order valence-electron chi connectivity index (χ4n) is 3.57. The molecule has 168 valence electrons. The number of carbonyl (C=O) groups excluding carboxylic acids is 1. The molecule has 0 N–H and O–H groups in total. The van der Waals surface area contributed by atoms with E-state index in [2.05, 4.69) is 48.3 Å². The van der Waals surface area contributed by atoms with Crippen LogP contribution >= 0.6 is 11.8 Å². The molecule has 1 aromatic heterocycles. The third-order valence-electron chi connectivity index (χ3n) is 5.33. The monoisotopic (exact) mass is 452 g/mol. The van der Waals surface area contributed by atoms with Crippen LogP contribution in [0.5, 0.6) is 11.5 Å². The highest BCUT2D eigenvalue weighted by Gasteiger charge is 2.27. The van der Waals surface area contributed by atoms with E-state index >= 15 is 0 Å². The molecule has 2 aromatic carbocycles. The number of amides is 1. The van der Waals surface area contributed by atoms with Gasteiger partial charge in [0.1, 0.15) is 6.61 Å². The number of aromatic nitrogens is 3. The molecule has 1 aliphatic heterocycles. The van der Waals surface area contributed by atoms with Crippen molar-refractivity contribution in [2.45, 2.75) is 38.1 Å². The molecular formula is C24H28N4O3S. The first-order valence-corrected chi connectivity index (χ1v) is 11.8. The zero-order chi connectivity index (χ0) is 22.5. The van der Waals surface area contributed by atoms with Crippen molar-refractivity contribution in [2.75, 3.05) is 18.9 Å². The van der Waals surface area contributed by atoms with E-state index in [9.17, 15) is 4.79 Å². The standard InChI is InChI=1S/C24H28N4O3S/c1-4-13-28(14-18-11-9-17(2)10-12-18)22(29)16-32-24-26-25-23(27(24)3)21-15-30-19-7-5-6-8-20(19)31-21/h5-12,21H,4,13-16H2,1-3H3. The number of para-hydroxylation sites is 2. The van der Waals surface area contributed by atoms with E-state index in [1.165, 1.54) is 17.3 Å². The number of ether oxygens (including phenoxy) is 2. The first kappa shape index (κ1) is 22.2. The van der Waals surface area contributed by atoms with Crippen molar-refractivity contribution in [1.29, 1.82) is 0 Å². The number of benzene rings is 2. The fourth-order valence-corrected chi connectivity index (χ4v) is 4.39. The Bertz CT molecular complexity index is 1070. The summed E-state index contributed by atoms with van der Waals surface area (Å²) in [5.74, 6) is 2.51. The van der Waals surface area contributed by atoms with Gasteiger partial charge in [-0.1, -0.05) is 60.6 Å². The van der Waals surface area contributed by atoms with Crippen molar-refractivity contribution < 1.29 is 14.3 Å². The van der Waals surface area contributed by atoms with E-state index in [0.717, 1.165) is 24.3 Å². The first-order chi connectivity index (χ1) is 15.5. The molecule has 0 radical (unpaired) electrons. The van der Waals surface area contributed by atoms with Gasteiger partial charge in [0.05, 0.1) is 5.75 Å². The van der Waals surface area contributed by atoms with E-state index < -0.39 is 0 Å². The second-order valence-corrected chi connectivity index (χ2v) is 8.80. The van der Waals surface area contributed by atoms with Crippen molar-refractivity contribution in [3.63, 3.8) is 0 Å². The number of hydrogen-bond donors (Lipinski definition) is 0. The molecule has 0 aliphatic carbocycles. The third-order valence-corrected chi connectivity index (χ3v) is 6.34. The Hall–Kier alpha value is -3.00. The van der Waals surface area contributed by atoms with Crippen molar-refractivity contribution in [3.8, 4) is 11.5 Å². The van der Waals surface area contributed by atoms with Gasteiger partial charge in [-0.25, -0.2) is 0 Å². The lowest BCUT2D eigenvalue weighted by molar-refractivity contribution is -0.129. The van der Waals surface area contributed by atoms with Crippen LogP contribution in [0.25, 0.3) is 0 Å². The Labute approximate surface area is 192 Å². The maximum absolute atomic E-state index is 12.9. The number of rotatable bonds is 8. The Morgan fingerprint density at radius 3 is 2.66 bits per heavy atom. The summed E-state index contributed by atoms with van der Waals surface area (Å²) in [5.41, 5.74) is 2.35. The fraction of sp³-hybridized carbons (Fsp3) is 0.375. The smallest absolute Gasteiger partial charge is 0.233 e. The predicted molar refractivity (Wildman–Crippen MR) is 124 cm³/mol. The average Bonchev–Trinajstić information content (AvgIpc) is 3.18. The number of nitrogens with zero attached hydrogens (tertiary/aromatic N) is 4. The van der Waals surface area contributed by atoms with Gasteiger partial charge in [0.25, 0.3) is 0 Å². The predicted octanol–water partition coefficient (Wildman–Crippen LogP) is 4.17. The minimum atomic E-state index is -0.342. The maximum atomic E-state index is 12.9. The van der Waals surface area contributed by atoms with Crippen molar-refractivity contribution in [3.05, 3.63) is 65.5 Å². The maximum Gasteiger partial charge on any atom is 0.233 e. The molecule has 3 aromatic rings. The molecule has 0 saturated carbocycles.